The highest BCUT2D eigenvalue weighted by Gasteiger charge is 2.34. The Kier molecular flexibility index (Phi) is 10.8. The molecule has 0 saturated heterocycles. The Bertz CT molecular complexity index is 1470. The fourth-order valence-corrected chi connectivity index (χ4v) is 6.65. The van der Waals surface area contributed by atoms with Crippen molar-refractivity contribution in [1.82, 2.24) is 10.2 Å². The van der Waals surface area contributed by atoms with E-state index in [9.17, 15) is 18.0 Å². The number of carbonyl (C=O) groups excluding carboxylic acids is 2. The number of anilines is 1. The number of sulfonamides is 1. The summed E-state index contributed by atoms with van der Waals surface area (Å²) in [5.74, 6) is -0.655. The summed E-state index contributed by atoms with van der Waals surface area (Å²) >= 11 is 3.47. The number of hydrogen-bond donors (Lipinski definition) is 1. The summed E-state index contributed by atoms with van der Waals surface area (Å²) in [5, 5.41) is 3.23. The van der Waals surface area contributed by atoms with Gasteiger partial charge >= 0.3 is 0 Å². The van der Waals surface area contributed by atoms with E-state index >= 15 is 0 Å². The van der Waals surface area contributed by atoms with Crippen molar-refractivity contribution in [2.45, 2.75) is 71.0 Å². The van der Waals surface area contributed by atoms with Crippen LogP contribution in [0.4, 0.5) is 5.69 Å². The van der Waals surface area contributed by atoms with Gasteiger partial charge in [0.2, 0.25) is 21.8 Å². The van der Waals surface area contributed by atoms with Gasteiger partial charge in [0.05, 0.1) is 11.9 Å². The highest BCUT2D eigenvalue weighted by molar-refractivity contribution is 9.10. The second-order valence-corrected chi connectivity index (χ2v) is 14.0. The smallest absolute Gasteiger partial charge is 0.244 e. The summed E-state index contributed by atoms with van der Waals surface area (Å²) in [6.07, 6.45) is 6.54. The zero-order chi connectivity index (χ0) is 30.3. The topological polar surface area (TPSA) is 86.8 Å². The van der Waals surface area contributed by atoms with Gasteiger partial charge in [-0.2, -0.15) is 0 Å². The van der Waals surface area contributed by atoms with Crippen molar-refractivity contribution in [3.63, 3.8) is 0 Å². The third-order valence-electron chi connectivity index (χ3n) is 8.01. The number of halogens is 1. The molecule has 7 nitrogen and oxygen atoms in total. The largest absolute Gasteiger partial charge is 0.352 e. The Balaban J connectivity index is 1.73. The van der Waals surface area contributed by atoms with Crippen LogP contribution in [-0.4, -0.2) is 50.0 Å². The third-order valence-corrected chi connectivity index (χ3v) is 9.67. The second-order valence-electron chi connectivity index (χ2n) is 11.2. The third kappa shape index (κ3) is 8.44. The maximum Gasteiger partial charge on any atom is 0.244 e. The van der Waals surface area contributed by atoms with Gasteiger partial charge in [0.1, 0.15) is 12.6 Å². The predicted molar refractivity (Wildman–Crippen MR) is 172 cm³/mol. The van der Waals surface area contributed by atoms with Gasteiger partial charge in [-0.15, -0.1) is 0 Å². The van der Waals surface area contributed by atoms with Gasteiger partial charge in [0.25, 0.3) is 0 Å². The molecule has 2 amide bonds. The van der Waals surface area contributed by atoms with Gasteiger partial charge in [0, 0.05) is 23.5 Å². The van der Waals surface area contributed by atoms with Crippen molar-refractivity contribution >= 4 is 43.5 Å². The molecule has 1 atom stereocenters. The molecular formula is C33H40BrN3O4S. The highest BCUT2D eigenvalue weighted by atomic mass is 79.9. The maximum atomic E-state index is 14.3. The van der Waals surface area contributed by atoms with E-state index < -0.39 is 28.5 Å². The van der Waals surface area contributed by atoms with Crippen molar-refractivity contribution in [2.75, 3.05) is 17.1 Å². The Hall–Kier alpha value is -3.17. The summed E-state index contributed by atoms with van der Waals surface area (Å²) in [5.41, 5.74) is 3.93. The van der Waals surface area contributed by atoms with Crippen LogP contribution in [0.25, 0.3) is 0 Å². The lowest BCUT2D eigenvalue weighted by Crippen LogP contribution is -2.55. The van der Waals surface area contributed by atoms with Crippen molar-refractivity contribution in [3.8, 4) is 0 Å². The lowest BCUT2D eigenvalue weighted by Gasteiger charge is -2.35. The van der Waals surface area contributed by atoms with Crippen LogP contribution in [0.15, 0.2) is 77.3 Å². The summed E-state index contributed by atoms with van der Waals surface area (Å²) in [6.45, 7) is 3.50. The molecule has 1 fully saturated rings. The first-order valence-corrected chi connectivity index (χ1v) is 17.1. The standard InChI is InChI=1S/C33H40BrN3O4S/c1-24-11-10-16-30(25(24)2)37(42(3,40)41)23-32(38)36(22-27-17-19-28(34)20-18-27)31(21-26-12-6-4-7-13-26)33(39)35-29-14-8-5-9-15-29/h4,6-7,10-13,16-20,29,31H,5,8-9,14-15,21-23H2,1-3H3,(H,35,39)/t31-/m0/s1. The molecule has 0 aliphatic heterocycles. The quantitative estimate of drug-likeness (QED) is 0.278. The molecule has 3 aromatic carbocycles. The molecule has 1 saturated carbocycles. The second kappa shape index (κ2) is 14.3. The molecule has 1 aliphatic rings. The molecule has 0 aromatic heterocycles. The predicted octanol–water partition coefficient (Wildman–Crippen LogP) is 5.92. The molecule has 9 heteroatoms. The van der Waals surface area contributed by atoms with Crippen LogP contribution in [0.3, 0.4) is 0 Å². The van der Waals surface area contributed by atoms with E-state index in [-0.39, 0.29) is 18.5 Å². The molecule has 1 aliphatic carbocycles. The van der Waals surface area contributed by atoms with E-state index in [1.54, 1.807) is 17.0 Å². The Morgan fingerprint density at radius 1 is 0.905 bits per heavy atom. The minimum atomic E-state index is -3.81. The average Bonchev–Trinajstić information content (AvgIpc) is 2.96. The Morgan fingerprint density at radius 2 is 1.57 bits per heavy atom. The van der Waals surface area contributed by atoms with Crippen molar-refractivity contribution in [3.05, 3.63) is 99.5 Å². The van der Waals surface area contributed by atoms with Gasteiger partial charge in [0.15, 0.2) is 0 Å². The van der Waals surface area contributed by atoms with Crippen LogP contribution < -0.4 is 9.62 Å². The van der Waals surface area contributed by atoms with Crippen molar-refractivity contribution in [2.24, 2.45) is 0 Å². The monoisotopic (exact) mass is 653 g/mol. The number of hydrogen-bond acceptors (Lipinski definition) is 4. The highest BCUT2D eigenvalue weighted by Crippen LogP contribution is 2.26. The molecule has 0 spiro atoms. The molecule has 4 rings (SSSR count). The first-order chi connectivity index (χ1) is 20.0. The molecule has 0 heterocycles. The average molecular weight is 655 g/mol. The minimum Gasteiger partial charge on any atom is -0.352 e. The molecule has 0 radical (unpaired) electrons. The van der Waals surface area contributed by atoms with Crippen LogP contribution in [-0.2, 0) is 32.6 Å². The molecule has 42 heavy (non-hydrogen) atoms. The van der Waals surface area contributed by atoms with Gasteiger partial charge < -0.3 is 10.2 Å². The Morgan fingerprint density at radius 3 is 2.21 bits per heavy atom. The lowest BCUT2D eigenvalue weighted by molar-refractivity contribution is -0.140. The summed E-state index contributed by atoms with van der Waals surface area (Å²) in [4.78, 5) is 29.9. The van der Waals surface area contributed by atoms with Crippen LogP contribution in [0.1, 0.15) is 54.4 Å². The zero-order valence-corrected chi connectivity index (χ0v) is 27.0. The van der Waals surface area contributed by atoms with E-state index in [2.05, 4.69) is 21.2 Å². The first-order valence-electron chi connectivity index (χ1n) is 14.4. The maximum absolute atomic E-state index is 14.3. The first kappa shape index (κ1) is 31.8. The van der Waals surface area contributed by atoms with E-state index in [1.807, 2.05) is 74.5 Å². The van der Waals surface area contributed by atoms with E-state index in [0.29, 0.717) is 12.1 Å². The fraction of sp³-hybridized carbons (Fsp3) is 0.394. The van der Waals surface area contributed by atoms with E-state index in [4.69, 9.17) is 0 Å². The molecule has 3 aromatic rings. The van der Waals surface area contributed by atoms with Crippen LogP contribution in [0.2, 0.25) is 0 Å². The molecular weight excluding hydrogens is 614 g/mol. The summed E-state index contributed by atoms with van der Waals surface area (Å²) < 4.78 is 28.2. The number of carbonyl (C=O) groups is 2. The van der Waals surface area contributed by atoms with Crippen LogP contribution >= 0.6 is 15.9 Å². The normalized spacial score (nSPS) is 14.7. The van der Waals surface area contributed by atoms with Crippen LogP contribution in [0, 0.1) is 13.8 Å². The lowest BCUT2D eigenvalue weighted by atomic mass is 9.94. The van der Waals surface area contributed by atoms with Crippen molar-refractivity contribution < 1.29 is 18.0 Å². The van der Waals surface area contributed by atoms with E-state index in [1.165, 1.54) is 0 Å². The number of nitrogens with one attached hydrogen (secondary N) is 1. The van der Waals surface area contributed by atoms with Crippen LogP contribution in [0.5, 0.6) is 0 Å². The molecule has 0 bridgehead atoms. The Labute approximate surface area is 258 Å². The van der Waals surface area contributed by atoms with Gasteiger partial charge in [-0.3, -0.25) is 13.9 Å². The van der Waals surface area contributed by atoms with Gasteiger partial charge in [-0.25, -0.2) is 8.42 Å². The molecule has 0 unspecified atom stereocenters. The zero-order valence-electron chi connectivity index (χ0n) is 24.6. The number of aryl methyl sites for hydroxylation is 1. The number of rotatable bonds is 11. The van der Waals surface area contributed by atoms with Gasteiger partial charge in [-0.05, 0) is 67.1 Å². The SMILES string of the molecule is Cc1cccc(N(CC(=O)N(Cc2ccc(Br)cc2)[C@@H](Cc2ccccc2)C(=O)NC2CCCCC2)S(C)(=O)=O)c1C. The molecule has 1 N–H and O–H groups in total. The number of amides is 2. The fourth-order valence-electron chi connectivity index (χ4n) is 5.49. The summed E-state index contributed by atoms with van der Waals surface area (Å²) in [7, 11) is -3.81. The van der Waals surface area contributed by atoms with Gasteiger partial charge in [-0.1, -0.05) is 89.8 Å². The number of nitrogens with zero attached hydrogens (tertiary/aromatic N) is 2. The van der Waals surface area contributed by atoms with Crippen molar-refractivity contribution in [1.29, 1.82) is 0 Å². The molecule has 224 valence electrons. The number of benzene rings is 3. The van der Waals surface area contributed by atoms with E-state index in [0.717, 1.165) is 69.4 Å². The summed E-state index contributed by atoms with van der Waals surface area (Å²) in [6, 6.07) is 21.9. The minimum absolute atomic E-state index is 0.0663.